The largest absolute Gasteiger partial charge is 0.496 e. The number of non-ortho nitro benzene ring substituents is 1. The summed E-state index contributed by atoms with van der Waals surface area (Å²) in [5.74, 6) is 0.575. The van der Waals surface area contributed by atoms with E-state index < -0.39 is 4.92 Å². The number of rotatable bonds is 3. The quantitative estimate of drug-likeness (QED) is 0.588. The highest BCUT2D eigenvalue weighted by molar-refractivity contribution is 5.45. The number of hydrogen-bond donors (Lipinski definition) is 1. The molecular weight excluding hydrogens is 184 g/mol. The van der Waals surface area contributed by atoms with Crippen LogP contribution in [0.2, 0.25) is 0 Å². The summed E-state index contributed by atoms with van der Waals surface area (Å²) < 4.78 is 5.04. The number of nitrogens with two attached hydrogens (primary N) is 1. The average molecular weight is 196 g/mol. The summed E-state index contributed by atoms with van der Waals surface area (Å²) in [5.41, 5.74) is 6.32. The van der Waals surface area contributed by atoms with E-state index in [0.717, 1.165) is 0 Å². The number of benzene rings is 1. The summed E-state index contributed by atoms with van der Waals surface area (Å²) in [6.07, 6.45) is 0. The fraction of sp³-hybridized carbons (Fsp3) is 0.333. The summed E-state index contributed by atoms with van der Waals surface area (Å²) in [6, 6.07) is 4.09. The SMILES string of the molecule is COc1ccc([N+](=O)[O-])cc1[C@H](C)N. The Morgan fingerprint density at radius 2 is 2.21 bits per heavy atom. The second-order valence-corrected chi connectivity index (χ2v) is 2.97. The molecule has 0 aromatic heterocycles. The molecule has 76 valence electrons. The molecule has 14 heavy (non-hydrogen) atoms. The molecule has 0 saturated carbocycles. The van der Waals surface area contributed by atoms with Crippen LogP contribution >= 0.6 is 0 Å². The normalized spacial score (nSPS) is 12.2. The predicted molar refractivity (Wildman–Crippen MR) is 52.3 cm³/mol. The minimum atomic E-state index is -0.453. The molecule has 1 rings (SSSR count). The maximum Gasteiger partial charge on any atom is 0.270 e. The Labute approximate surface area is 81.6 Å². The van der Waals surface area contributed by atoms with Crippen LogP contribution in [0.5, 0.6) is 5.75 Å². The van der Waals surface area contributed by atoms with Crippen molar-refractivity contribution in [2.45, 2.75) is 13.0 Å². The summed E-state index contributed by atoms with van der Waals surface area (Å²) in [6.45, 7) is 1.75. The van der Waals surface area contributed by atoms with Gasteiger partial charge in [-0.1, -0.05) is 0 Å². The topological polar surface area (TPSA) is 78.4 Å². The molecule has 0 aliphatic rings. The van der Waals surface area contributed by atoms with Crippen LogP contribution in [0.3, 0.4) is 0 Å². The van der Waals surface area contributed by atoms with Crippen molar-refractivity contribution in [2.75, 3.05) is 7.11 Å². The van der Waals surface area contributed by atoms with Gasteiger partial charge < -0.3 is 10.5 Å². The number of hydrogen-bond acceptors (Lipinski definition) is 4. The highest BCUT2D eigenvalue weighted by atomic mass is 16.6. The lowest BCUT2D eigenvalue weighted by atomic mass is 10.1. The minimum absolute atomic E-state index is 0.0260. The van der Waals surface area contributed by atoms with Crippen molar-refractivity contribution in [3.63, 3.8) is 0 Å². The molecule has 0 saturated heterocycles. The van der Waals surface area contributed by atoms with Crippen molar-refractivity contribution in [3.8, 4) is 5.75 Å². The third-order valence-electron chi connectivity index (χ3n) is 1.91. The molecule has 0 heterocycles. The van der Waals surface area contributed by atoms with Crippen LogP contribution in [0.1, 0.15) is 18.5 Å². The molecule has 2 N–H and O–H groups in total. The number of nitrogens with zero attached hydrogens (tertiary/aromatic N) is 1. The first-order chi connectivity index (χ1) is 6.56. The van der Waals surface area contributed by atoms with Crippen molar-refractivity contribution in [3.05, 3.63) is 33.9 Å². The molecule has 0 aliphatic carbocycles. The zero-order chi connectivity index (χ0) is 10.7. The van der Waals surface area contributed by atoms with Crippen LogP contribution in [0.4, 0.5) is 5.69 Å². The molecule has 0 fully saturated rings. The van der Waals surface area contributed by atoms with Crippen molar-refractivity contribution >= 4 is 5.69 Å². The van der Waals surface area contributed by atoms with Crippen molar-refractivity contribution in [2.24, 2.45) is 5.73 Å². The molecule has 0 bridgehead atoms. The monoisotopic (exact) mass is 196 g/mol. The Bertz CT molecular complexity index is 350. The second-order valence-electron chi connectivity index (χ2n) is 2.97. The number of methoxy groups -OCH3 is 1. The minimum Gasteiger partial charge on any atom is -0.496 e. The van der Waals surface area contributed by atoms with E-state index in [9.17, 15) is 10.1 Å². The lowest BCUT2D eigenvalue weighted by Gasteiger charge is -2.10. The van der Waals surface area contributed by atoms with E-state index in [4.69, 9.17) is 10.5 Å². The summed E-state index contributed by atoms with van der Waals surface area (Å²) in [5, 5.41) is 10.5. The highest BCUT2D eigenvalue weighted by Gasteiger charge is 2.13. The molecule has 0 unspecified atom stereocenters. The summed E-state index contributed by atoms with van der Waals surface area (Å²) in [4.78, 5) is 10.0. The second kappa shape index (κ2) is 4.06. The van der Waals surface area contributed by atoms with E-state index in [1.807, 2.05) is 0 Å². The van der Waals surface area contributed by atoms with Crippen LogP contribution in [-0.4, -0.2) is 12.0 Å². The molecule has 1 aromatic rings. The van der Waals surface area contributed by atoms with E-state index >= 15 is 0 Å². The predicted octanol–water partition coefficient (Wildman–Crippen LogP) is 1.62. The zero-order valence-electron chi connectivity index (χ0n) is 8.06. The van der Waals surface area contributed by atoms with Crippen LogP contribution in [0.25, 0.3) is 0 Å². The summed E-state index contributed by atoms with van der Waals surface area (Å²) in [7, 11) is 1.51. The Hall–Kier alpha value is -1.62. The number of nitro benzene ring substituents is 1. The van der Waals surface area contributed by atoms with Gasteiger partial charge in [0.25, 0.3) is 5.69 Å². The first-order valence-corrected chi connectivity index (χ1v) is 4.14. The molecule has 1 aromatic carbocycles. The van der Waals surface area contributed by atoms with Crippen molar-refractivity contribution in [1.29, 1.82) is 0 Å². The highest BCUT2D eigenvalue weighted by Crippen LogP contribution is 2.27. The molecule has 0 radical (unpaired) electrons. The molecular formula is C9H12N2O3. The fourth-order valence-corrected chi connectivity index (χ4v) is 1.19. The first-order valence-electron chi connectivity index (χ1n) is 4.14. The molecule has 1 atom stereocenters. The van der Waals surface area contributed by atoms with Crippen LogP contribution in [0, 0.1) is 10.1 Å². The van der Waals surface area contributed by atoms with Gasteiger partial charge in [0.15, 0.2) is 0 Å². The third kappa shape index (κ3) is 2.00. The van der Waals surface area contributed by atoms with Gasteiger partial charge >= 0.3 is 0 Å². The zero-order valence-corrected chi connectivity index (χ0v) is 8.06. The smallest absolute Gasteiger partial charge is 0.270 e. The van der Waals surface area contributed by atoms with Gasteiger partial charge in [-0.05, 0) is 13.0 Å². The molecule has 0 aliphatic heterocycles. The van der Waals surface area contributed by atoms with E-state index in [2.05, 4.69) is 0 Å². The van der Waals surface area contributed by atoms with Crippen LogP contribution in [-0.2, 0) is 0 Å². The number of nitro groups is 1. The van der Waals surface area contributed by atoms with Gasteiger partial charge in [-0.2, -0.15) is 0 Å². The fourth-order valence-electron chi connectivity index (χ4n) is 1.19. The Morgan fingerprint density at radius 1 is 1.57 bits per heavy atom. The lowest BCUT2D eigenvalue weighted by Crippen LogP contribution is -2.07. The first kappa shape index (κ1) is 10.5. The van der Waals surface area contributed by atoms with Crippen molar-refractivity contribution in [1.82, 2.24) is 0 Å². The molecule has 5 heteroatoms. The van der Waals surface area contributed by atoms with Gasteiger partial charge in [0.05, 0.1) is 12.0 Å². The Morgan fingerprint density at radius 3 is 2.64 bits per heavy atom. The van der Waals surface area contributed by atoms with E-state index in [0.29, 0.717) is 11.3 Å². The van der Waals surface area contributed by atoms with Crippen LogP contribution in [0.15, 0.2) is 18.2 Å². The maximum atomic E-state index is 10.5. The maximum absolute atomic E-state index is 10.5. The van der Waals surface area contributed by atoms with E-state index in [-0.39, 0.29) is 11.7 Å². The average Bonchev–Trinajstić information content (AvgIpc) is 2.16. The van der Waals surface area contributed by atoms with Crippen molar-refractivity contribution < 1.29 is 9.66 Å². The lowest BCUT2D eigenvalue weighted by molar-refractivity contribution is -0.385. The van der Waals surface area contributed by atoms with Gasteiger partial charge in [0, 0.05) is 23.7 Å². The van der Waals surface area contributed by atoms with Crippen LogP contribution < -0.4 is 10.5 Å². The van der Waals surface area contributed by atoms with E-state index in [1.165, 1.54) is 19.2 Å². The van der Waals surface area contributed by atoms with Gasteiger partial charge in [-0.15, -0.1) is 0 Å². The summed E-state index contributed by atoms with van der Waals surface area (Å²) >= 11 is 0. The van der Waals surface area contributed by atoms with Gasteiger partial charge in [-0.25, -0.2) is 0 Å². The van der Waals surface area contributed by atoms with Gasteiger partial charge in [-0.3, -0.25) is 10.1 Å². The Kier molecular flexibility index (Phi) is 3.03. The number of ether oxygens (including phenoxy) is 1. The Balaban J connectivity index is 3.20. The molecule has 5 nitrogen and oxygen atoms in total. The standard InChI is InChI=1S/C9H12N2O3/c1-6(10)8-5-7(11(12)13)3-4-9(8)14-2/h3-6H,10H2,1-2H3/t6-/m0/s1. The molecule has 0 spiro atoms. The van der Waals surface area contributed by atoms with Gasteiger partial charge in [0.2, 0.25) is 0 Å². The van der Waals surface area contributed by atoms with E-state index in [1.54, 1.807) is 13.0 Å². The molecule has 0 amide bonds. The van der Waals surface area contributed by atoms with Gasteiger partial charge in [0.1, 0.15) is 5.75 Å². The third-order valence-corrected chi connectivity index (χ3v) is 1.91.